The quantitative estimate of drug-likeness (QED) is 0.708. The zero-order valence-corrected chi connectivity index (χ0v) is 14.8. The van der Waals surface area contributed by atoms with E-state index in [1.807, 2.05) is 6.92 Å². The van der Waals surface area contributed by atoms with E-state index in [-0.39, 0.29) is 12.6 Å². The first-order valence-corrected chi connectivity index (χ1v) is 9.04. The van der Waals surface area contributed by atoms with Crippen LogP contribution in [0.2, 0.25) is 0 Å². The molecule has 0 aliphatic carbocycles. The number of amides is 1. The van der Waals surface area contributed by atoms with Gasteiger partial charge in [-0.3, -0.25) is 4.79 Å². The molecule has 0 saturated heterocycles. The molecule has 0 aliphatic rings. The van der Waals surface area contributed by atoms with Crippen molar-refractivity contribution in [2.24, 2.45) is 0 Å². The fourth-order valence-corrected chi connectivity index (χ4v) is 3.62. The van der Waals surface area contributed by atoms with Crippen LogP contribution < -0.4 is 5.32 Å². The average Bonchev–Trinajstić information content (AvgIpc) is 2.53. The van der Waals surface area contributed by atoms with Crippen molar-refractivity contribution in [1.82, 2.24) is 9.62 Å². The smallest absolute Gasteiger partial charge is 0.353 e. The number of nitrogens with zero attached hydrogens (tertiary/aromatic N) is 1. The fourth-order valence-electron chi connectivity index (χ4n) is 2.04. The van der Waals surface area contributed by atoms with E-state index in [1.54, 1.807) is 6.92 Å². The van der Waals surface area contributed by atoms with Gasteiger partial charge in [-0.1, -0.05) is 25.1 Å². The molecule has 0 saturated carbocycles. The minimum absolute atomic E-state index is 0.178. The van der Waals surface area contributed by atoms with E-state index in [9.17, 15) is 26.4 Å². The van der Waals surface area contributed by atoms with E-state index in [1.165, 1.54) is 12.1 Å². The molecular formula is C16H21F3N2O3S. The number of rotatable bonds is 8. The molecule has 0 spiro atoms. The van der Waals surface area contributed by atoms with Gasteiger partial charge in [-0.05, 0) is 25.5 Å². The molecule has 0 radical (unpaired) electrons. The Morgan fingerprint density at radius 1 is 1.36 bits per heavy atom. The SMILES string of the molecule is C=CCN(CC(=O)N[C@H](C)CC)S(=O)(=O)c1ccccc1C(F)(F)F. The highest BCUT2D eigenvalue weighted by molar-refractivity contribution is 7.89. The molecule has 1 atom stereocenters. The van der Waals surface area contributed by atoms with E-state index in [4.69, 9.17) is 0 Å². The van der Waals surface area contributed by atoms with Crippen LogP contribution in [-0.2, 0) is 21.0 Å². The molecule has 0 heterocycles. The number of alkyl halides is 3. The van der Waals surface area contributed by atoms with Gasteiger partial charge < -0.3 is 5.32 Å². The van der Waals surface area contributed by atoms with E-state index < -0.39 is 39.1 Å². The molecule has 140 valence electrons. The van der Waals surface area contributed by atoms with Gasteiger partial charge in [-0.25, -0.2) is 8.42 Å². The van der Waals surface area contributed by atoms with Gasteiger partial charge in [0.25, 0.3) is 0 Å². The Labute approximate surface area is 145 Å². The Hall–Kier alpha value is -1.87. The number of sulfonamides is 1. The van der Waals surface area contributed by atoms with Crippen molar-refractivity contribution in [2.45, 2.75) is 37.4 Å². The summed E-state index contributed by atoms with van der Waals surface area (Å²) in [7, 11) is -4.53. The minimum atomic E-state index is -4.83. The second-order valence-electron chi connectivity index (χ2n) is 5.46. The van der Waals surface area contributed by atoms with Crippen molar-refractivity contribution in [2.75, 3.05) is 13.1 Å². The molecule has 0 aromatic heterocycles. The first-order valence-electron chi connectivity index (χ1n) is 7.60. The molecular weight excluding hydrogens is 357 g/mol. The van der Waals surface area contributed by atoms with E-state index in [2.05, 4.69) is 11.9 Å². The van der Waals surface area contributed by atoms with Crippen molar-refractivity contribution in [3.05, 3.63) is 42.5 Å². The lowest BCUT2D eigenvalue weighted by Crippen LogP contribution is -2.43. The summed E-state index contributed by atoms with van der Waals surface area (Å²) >= 11 is 0. The fraction of sp³-hybridized carbons (Fsp3) is 0.438. The monoisotopic (exact) mass is 378 g/mol. The normalized spacial score (nSPS) is 13.5. The number of carbonyl (C=O) groups is 1. The van der Waals surface area contributed by atoms with Crippen molar-refractivity contribution < 1.29 is 26.4 Å². The van der Waals surface area contributed by atoms with Crippen LogP contribution in [0.3, 0.4) is 0 Å². The molecule has 1 amide bonds. The third kappa shape index (κ3) is 5.57. The van der Waals surface area contributed by atoms with Crippen LogP contribution in [0.5, 0.6) is 0 Å². The summed E-state index contributed by atoms with van der Waals surface area (Å²) in [4.78, 5) is 11.1. The summed E-state index contributed by atoms with van der Waals surface area (Å²) in [6, 6.07) is 3.70. The second kappa shape index (κ2) is 8.48. The van der Waals surface area contributed by atoms with E-state index in [0.29, 0.717) is 16.8 Å². The molecule has 1 N–H and O–H groups in total. The maximum Gasteiger partial charge on any atom is 0.417 e. The van der Waals surface area contributed by atoms with Crippen LogP contribution >= 0.6 is 0 Å². The molecule has 1 aromatic rings. The molecule has 1 rings (SSSR count). The van der Waals surface area contributed by atoms with E-state index >= 15 is 0 Å². The average molecular weight is 378 g/mol. The lowest BCUT2D eigenvalue weighted by atomic mass is 10.2. The third-order valence-corrected chi connectivity index (χ3v) is 5.35. The first kappa shape index (κ1) is 21.2. The Bertz CT molecular complexity index is 718. The highest BCUT2D eigenvalue weighted by atomic mass is 32.2. The summed E-state index contributed by atoms with van der Waals surface area (Å²) in [6.07, 6.45) is -2.98. The number of hydrogen-bond acceptors (Lipinski definition) is 3. The predicted octanol–water partition coefficient (Wildman–Crippen LogP) is 2.80. The Morgan fingerprint density at radius 3 is 2.48 bits per heavy atom. The van der Waals surface area contributed by atoms with Crippen LogP contribution in [0.1, 0.15) is 25.8 Å². The van der Waals surface area contributed by atoms with Gasteiger partial charge in [0.05, 0.1) is 17.0 Å². The topological polar surface area (TPSA) is 66.5 Å². The van der Waals surface area contributed by atoms with Crippen LogP contribution in [0.4, 0.5) is 13.2 Å². The van der Waals surface area contributed by atoms with Crippen molar-refractivity contribution in [3.8, 4) is 0 Å². The largest absolute Gasteiger partial charge is 0.417 e. The van der Waals surface area contributed by atoms with Gasteiger partial charge >= 0.3 is 6.18 Å². The number of halogens is 3. The molecule has 0 fully saturated rings. The standard InChI is InChI=1S/C16H21F3N2O3S/c1-4-10-21(11-15(22)20-12(3)5-2)25(23,24)14-9-7-6-8-13(14)16(17,18)19/h4,6-9,12H,1,5,10-11H2,2-3H3,(H,20,22)/t12-/m1/s1. The lowest BCUT2D eigenvalue weighted by Gasteiger charge is -2.23. The van der Waals surface area contributed by atoms with Crippen LogP contribution in [0.15, 0.2) is 41.8 Å². The van der Waals surface area contributed by atoms with Gasteiger partial charge in [-0.2, -0.15) is 17.5 Å². The minimum Gasteiger partial charge on any atom is -0.353 e. The lowest BCUT2D eigenvalue weighted by molar-refractivity contribution is -0.139. The van der Waals surface area contributed by atoms with Gasteiger partial charge in [0.1, 0.15) is 0 Å². The molecule has 0 unspecified atom stereocenters. The summed E-state index contributed by atoms with van der Waals surface area (Å²) in [6.45, 7) is 6.10. The highest BCUT2D eigenvalue weighted by Crippen LogP contribution is 2.35. The van der Waals surface area contributed by atoms with Gasteiger partial charge in [-0.15, -0.1) is 6.58 Å². The first-order chi connectivity index (χ1) is 11.5. The molecule has 0 aliphatic heterocycles. The summed E-state index contributed by atoms with van der Waals surface area (Å²) in [5, 5.41) is 2.59. The van der Waals surface area contributed by atoms with Gasteiger partial charge in [0, 0.05) is 12.6 Å². The summed E-state index contributed by atoms with van der Waals surface area (Å²) in [5.41, 5.74) is -1.27. The highest BCUT2D eigenvalue weighted by Gasteiger charge is 2.39. The summed E-state index contributed by atoms with van der Waals surface area (Å²) < 4.78 is 65.4. The maximum absolute atomic E-state index is 13.1. The Morgan fingerprint density at radius 2 is 1.96 bits per heavy atom. The molecule has 9 heteroatoms. The molecule has 5 nitrogen and oxygen atoms in total. The molecule has 0 bridgehead atoms. The molecule has 25 heavy (non-hydrogen) atoms. The van der Waals surface area contributed by atoms with Crippen molar-refractivity contribution in [3.63, 3.8) is 0 Å². The number of hydrogen-bond donors (Lipinski definition) is 1. The van der Waals surface area contributed by atoms with Gasteiger partial charge in [0.2, 0.25) is 15.9 Å². The number of carbonyl (C=O) groups excluding carboxylic acids is 1. The van der Waals surface area contributed by atoms with E-state index in [0.717, 1.165) is 12.1 Å². The number of benzene rings is 1. The van der Waals surface area contributed by atoms with Crippen molar-refractivity contribution in [1.29, 1.82) is 0 Å². The molecule has 1 aromatic carbocycles. The van der Waals surface area contributed by atoms with Gasteiger partial charge in [0.15, 0.2) is 0 Å². The van der Waals surface area contributed by atoms with Crippen LogP contribution in [0.25, 0.3) is 0 Å². The van der Waals surface area contributed by atoms with Crippen molar-refractivity contribution >= 4 is 15.9 Å². The maximum atomic E-state index is 13.1. The predicted molar refractivity (Wildman–Crippen MR) is 88.3 cm³/mol. The van der Waals surface area contributed by atoms with Crippen LogP contribution in [0, 0.1) is 0 Å². The zero-order valence-electron chi connectivity index (χ0n) is 14.0. The Balaban J connectivity index is 3.23. The van der Waals surface area contributed by atoms with Crippen LogP contribution in [-0.4, -0.2) is 37.8 Å². The Kier molecular flexibility index (Phi) is 7.18. The zero-order chi connectivity index (χ0) is 19.3. The second-order valence-corrected chi connectivity index (χ2v) is 7.36. The summed E-state index contributed by atoms with van der Waals surface area (Å²) in [5.74, 6) is -0.593. The third-order valence-electron chi connectivity index (χ3n) is 3.48. The number of nitrogens with one attached hydrogen (secondary N) is 1.